The molecule has 102 valence electrons. The lowest BCUT2D eigenvalue weighted by Gasteiger charge is -2.24. The van der Waals surface area contributed by atoms with Crippen LogP contribution in [0.3, 0.4) is 0 Å². The summed E-state index contributed by atoms with van der Waals surface area (Å²) in [6, 6.07) is 0. The molecule has 0 saturated carbocycles. The summed E-state index contributed by atoms with van der Waals surface area (Å²) in [5, 5.41) is 2.20. The summed E-state index contributed by atoms with van der Waals surface area (Å²) in [5.41, 5.74) is -0.606. The van der Waals surface area contributed by atoms with Gasteiger partial charge >= 0.3 is 12.3 Å². The van der Waals surface area contributed by atoms with Crippen LogP contribution in [0.25, 0.3) is 0 Å². The fourth-order valence-electron chi connectivity index (χ4n) is 0.908. The molecule has 0 aromatic rings. The minimum Gasteiger partial charge on any atom is -0.444 e. The third-order valence-corrected chi connectivity index (χ3v) is 1.65. The van der Waals surface area contributed by atoms with Gasteiger partial charge in [0, 0.05) is 20.1 Å². The summed E-state index contributed by atoms with van der Waals surface area (Å²) < 4.78 is 40.4. The summed E-state index contributed by atoms with van der Waals surface area (Å²) in [7, 11) is 1.48. The molecule has 0 heterocycles. The number of nitrogens with zero attached hydrogens (tertiary/aromatic N) is 1. The number of amides is 1. The number of hydrogen-bond acceptors (Lipinski definition) is 3. The third-order valence-electron chi connectivity index (χ3n) is 1.65. The molecule has 0 unspecified atom stereocenters. The number of ether oxygens (including phenoxy) is 1. The van der Waals surface area contributed by atoms with Gasteiger partial charge in [0.05, 0.1) is 6.54 Å². The van der Waals surface area contributed by atoms with Gasteiger partial charge in [0.2, 0.25) is 0 Å². The first kappa shape index (κ1) is 16.0. The van der Waals surface area contributed by atoms with E-state index in [9.17, 15) is 18.0 Å². The highest BCUT2D eigenvalue weighted by molar-refractivity contribution is 5.67. The highest BCUT2D eigenvalue weighted by Crippen LogP contribution is 2.12. The molecule has 0 aromatic carbocycles. The number of carbonyl (C=O) groups is 1. The van der Waals surface area contributed by atoms with Crippen molar-refractivity contribution >= 4 is 6.09 Å². The molecule has 0 saturated heterocycles. The van der Waals surface area contributed by atoms with E-state index in [2.05, 4.69) is 5.32 Å². The van der Waals surface area contributed by atoms with Crippen LogP contribution < -0.4 is 5.32 Å². The van der Waals surface area contributed by atoms with Crippen LogP contribution >= 0.6 is 0 Å². The number of rotatable bonds is 4. The van der Waals surface area contributed by atoms with Crippen LogP contribution in [0.2, 0.25) is 0 Å². The molecule has 4 nitrogen and oxygen atoms in total. The van der Waals surface area contributed by atoms with E-state index in [1.807, 2.05) is 0 Å². The lowest BCUT2D eigenvalue weighted by molar-refractivity contribution is -0.124. The van der Waals surface area contributed by atoms with E-state index in [4.69, 9.17) is 4.74 Å². The molecule has 0 aromatic heterocycles. The Morgan fingerprint density at radius 2 is 1.82 bits per heavy atom. The highest BCUT2D eigenvalue weighted by Gasteiger charge is 2.26. The average molecular weight is 256 g/mol. The molecule has 0 aliphatic heterocycles. The molecule has 0 radical (unpaired) electrons. The van der Waals surface area contributed by atoms with Crippen molar-refractivity contribution in [1.82, 2.24) is 10.2 Å². The second kappa shape index (κ2) is 6.09. The maximum Gasteiger partial charge on any atom is 0.410 e. The molecule has 0 aliphatic carbocycles. The Bertz CT molecular complexity index is 249. The molecule has 0 bridgehead atoms. The number of hydrogen-bond donors (Lipinski definition) is 1. The van der Waals surface area contributed by atoms with Crippen LogP contribution in [0.5, 0.6) is 0 Å². The smallest absolute Gasteiger partial charge is 0.410 e. The van der Waals surface area contributed by atoms with Gasteiger partial charge in [-0.2, -0.15) is 13.2 Å². The second-order valence-corrected chi connectivity index (χ2v) is 4.69. The second-order valence-electron chi connectivity index (χ2n) is 4.69. The Labute approximate surface area is 99.1 Å². The number of alkyl halides is 3. The van der Waals surface area contributed by atoms with Crippen molar-refractivity contribution in [3.05, 3.63) is 0 Å². The molecule has 17 heavy (non-hydrogen) atoms. The number of carbonyl (C=O) groups excluding carboxylic acids is 1. The summed E-state index contributed by atoms with van der Waals surface area (Å²) >= 11 is 0. The van der Waals surface area contributed by atoms with Crippen LogP contribution in [0.4, 0.5) is 18.0 Å². The van der Waals surface area contributed by atoms with Crippen LogP contribution in [0.15, 0.2) is 0 Å². The fraction of sp³-hybridized carbons (Fsp3) is 0.900. The van der Waals surface area contributed by atoms with E-state index in [-0.39, 0.29) is 13.1 Å². The van der Waals surface area contributed by atoms with Gasteiger partial charge in [-0.3, -0.25) is 0 Å². The Kier molecular flexibility index (Phi) is 5.74. The Hall–Kier alpha value is -0.980. The normalized spacial score (nSPS) is 12.4. The Morgan fingerprint density at radius 1 is 1.29 bits per heavy atom. The molecule has 0 fully saturated rings. The summed E-state index contributed by atoms with van der Waals surface area (Å²) in [4.78, 5) is 12.6. The monoisotopic (exact) mass is 256 g/mol. The largest absolute Gasteiger partial charge is 0.444 e. The van der Waals surface area contributed by atoms with E-state index >= 15 is 0 Å². The van der Waals surface area contributed by atoms with E-state index in [0.717, 1.165) is 0 Å². The quantitative estimate of drug-likeness (QED) is 0.782. The summed E-state index contributed by atoms with van der Waals surface area (Å²) in [6.45, 7) is 4.33. The topological polar surface area (TPSA) is 41.6 Å². The lowest BCUT2D eigenvalue weighted by Crippen LogP contribution is -2.39. The number of nitrogens with one attached hydrogen (secondary N) is 1. The summed E-state index contributed by atoms with van der Waals surface area (Å²) in [6.07, 6.45) is -4.78. The van der Waals surface area contributed by atoms with Gasteiger partial charge in [-0.05, 0) is 20.8 Å². The van der Waals surface area contributed by atoms with Gasteiger partial charge < -0.3 is 15.0 Å². The Balaban J connectivity index is 3.80. The minimum atomic E-state index is -4.23. The molecule has 1 N–H and O–H groups in total. The van der Waals surface area contributed by atoms with Gasteiger partial charge in [0.1, 0.15) is 5.60 Å². The van der Waals surface area contributed by atoms with E-state index in [0.29, 0.717) is 0 Å². The predicted octanol–water partition coefficient (Wildman–Crippen LogP) is 2.01. The molecule has 0 atom stereocenters. The minimum absolute atomic E-state index is 0.0647. The van der Waals surface area contributed by atoms with E-state index in [1.165, 1.54) is 11.9 Å². The van der Waals surface area contributed by atoms with Crippen LogP contribution in [0, 0.1) is 0 Å². The van der Waals surface area contributed by atoms with Crippen molar-refractivity contribution < 1.29 is 22.7 Å². The maximum absolute atomic E-state index is 11.8. The lowest BCUT2D eigenvalue weighted by atomic mass is 10.2. The average Bonchev–Trinajstić information content (AvgIpc) is 2.07. The number of likely N-dealkylation sites (N-methyl/N-ethyl adjacent to an activating group) is 1. The van der Waals surface area contributed by atoms with Gasteiger partial charge in [-0.25, -0.2) is 4.79 Å². The molecular weight excluding hydrogens is 237 g/mol. The van der Waals surface area contributed by atoms with Gasteiger partial charge in [-0.1, -0.05) is 0 Å². The molecular formula is C10H19F3N2O2. The summed E-state index contributed by atoms with van der Waals surface area (Å²) in [5.74, 6) is 0. The van der Waals surface area contributed by atoms with Crippen LogP contribution in [-0.2, 0) is 4.74 Å². The Morgan fingerprint density at radius 3 is 2.24 bits per heavy atom. The standard InChI is InChI=1S/C10H19F3N2O2/c1-9(2,3)17-8(16)15(4)6-5-14-7-10(11,12)13/h14H,5-7H2,1-4H3. The first-order valence-electron chi connectivity index (χ1n) is 5.23. The van der Waals surface area contributed by atoms with E-state index < -0.39 is 24.4 Å². The molecule has 0 aliphatic rings. The van der Waals surface area contributed by atoms with Gasteiger partial charge in [-0.15, -0.1) is 0 Å². The zero-order valence-corrected chi connectivity index (χ0v) is 10.5. The number of halogens is 3. The van der Waals surface area contributed by atoms with Gasteiger partial charge in [0.15, 0.2) is 0 Å². The molecule has 0 rings (SSSR count). The molecule has 1 amide bonds. The maximum atomic E-state index is 11.8. The highest BCUT2D eigenvalue weighted by atomic mass is 19.4. The first-order valence-corrected chi connectivity index (χ1v) is 5.23. The third kappa shape index (κ3) is 9.92. The van der Waals surface area contributed by atoms with E-state index in [1.54, 1.807) is 20.8 Å². The van der Waals surface area contributed by atoms with Crippen molar-refractivity contribution in [3.63, 3.8) is 0 Å². The van der Waals surface area contributed by atoms with Crippen LogP contribution in [0.1, 0.15) is 20.8 Å². The van der Waals surface area contributed by atoms with Crippen molar-refractivity contribution in [3.8, 4) is 0 Å². The van der Waals surface area contributed by atoms with Crippen molar-refractivity contribution in [1.29, 1.82) is 0 Å². The van der Waals surface area contributed by atoms with Crippen LogP contribution in [-0.4, -0.2) is 49.5 Å². The zero-order valence-electron chi connectivity index (χ0n) is 10.5. The molecule has 0 spiro atoms. The van der Waals surface area contributed by atoms with Gasteiger partial charge in [0.25, 0.3) is 0 Å². The van der Waals surface area contributed by atoms with Crippen molar-refractivity contribution in [2.45, 2.75) is 32.5 Å². The predicted molar refractivity (Wildman–Crippen MR) is 57.8 cm³/mol. The SMILES string of the molecule is CN(CCNCC(F)(F)F)C(=O)OC(C)(C)C. The van der Waals surface area contributed by atoms with Crippen molar-refractivity contribution in [2.75, 3.05) is 26.7 Å². The van der Waals surface area contributed by atoms with Crippen molar-refractivity contribution in [2.24, 2.45) is 0 Å². The first-order chi connectivity index (χ1) is 7.51. The molecule has 7 heteroatoms. The zero-order chi connectivity index (χ0) is 13.7. The fourth-order valence-corrected chi connectivity index (χ4v) is 0.908.